The van der Waals surface area contributed by atoms with E-state index in [1.807, 2.05) is 72.8 Å². The Morgan fingerprint density at radius 1 is 0.886 bits per heavy atom. The lowest BCUT2D eigenvalue weighted by atomic mass is 9.70. The van der Waals surface area contributed by atoms with Crippen LogP contribution in [0.25, 0.3) is 0 Å². The number of benzene rings is 4. The first kappa shape index (κ1) is 22.4. The molecular weight excluding hydrogens is 438 g/mol. The molecule has 5 heteroatoms. The third kappa shape index (κ3) is 4.28. The van der Waals surface area contributed by atoms with E-state index in [-0.39, 0.29) is 12.3 Å². The molecule has 5 rings (SSSR count). The third-order valence-corrected chi connectivity index (χ3v) is 6.42. The van der Waals surface area contributed by atoms with E-state index in [9.17, 15) is 9.59 Å². The van der Waals surface area contributed by atoms with Crippen molar-refractivity contribution < 1.29 is 19.1 Å². The van der Waals surface area contributed by atoms with Gasteiger partial charge in [-0.3, -0.25) is 4.79 Å². The van der Waals surface area contributed by atoms with Crippen molar-refractivity contribution in [2.45, 2.75) is 17.9 Å². The van der Waals surface area contributed by atoms with Crippen LogP contribution in [0.3, 0.4) is 0 Å². The highest BCUT2D eigenvalue weighted by molar-refractivity contribution is 6.00. The molecule has 5 nitrogen and oxygen atoms in total. The highest BCUT2D eigenvalue weighted by Crippen LogP contribution is 2.47. The van der Waals surface area contributed by atoms with Gasteiger partial charge >= 0.3 is 5.97 Å². The summed E-state index contributed by atoms with van der Waals surface area (Å²) in [4.78, 5) is 27.4. The summed E-state index contributed by atoms with van der Waals surface area (Å²) >= 11 is 0. The van der Waals surface area contributed by atoms with E-state index in [1.54, 1.807) is 43.5 Å². The molecule has 1 heterocycles. The summed E-state index contributed by atoms with van der Waals surface area (Å²) < 4.78 is 11.4. The van der Waals surface area contributed by atoms with Crippen LogP contribution in [0.4, 0.5) is 0 Å². The van der Waals surface area contributed by atoms with Crippen molar-refractivity contribution in [2.75, 3.05) is 7.11 Å². The molecule has 0 aromatic heterocycles. The minimum atomic E-state index is -1.39. The van der Waals surface area contributed by atoms with E-state index < -0.39 is 17.4 Å². The van der Waals surface area contributed by atoms with Crippen molar-refractivity contribution in [1.29, 1.82) is 0 Å². The first-order valence-electron chi connectivity index (χ1n) is 11.5. The van der Waals surface area contributed by atoms with E-state index in [2.05, 4.69) is 5.32 Å². The van der Waals surface area contributed by atoms with Crippen LogP contribution in [-0.4, -0.2) is 24.5 Å². The van der Waals surface area contributed by atoms with Crippen LogP contribution in [0.15, 0.2) is 109 Å². The molecule has 0 aliphatic carbocycles. The maximum Gasteiger partial charge on any atom is 0.338 e. The molecule has 4 aromatic rings. The van der Waals surface area contributed by atoms with Gasteiger partial charge in [0, 0.05) is 23.5 Å². The molecule has 1 aliphatic rings. The molecule has 2 atom stereocenters. The largest absolute Gasteiger partial charge is 0.497 e. The first-order valence-corrected chi connectivity index (χ1v) is 11.5. The van der Waals surface area contributed by atoms with E-state index in [1.165, 1.54) is 0 Å². The summed E-state index contributed by atoms with van der Waals surface area (Å²) in [5.41, 5.74) is 1.65. The number of carbonyl (C=O) groups excluding carboxylic acids is 2. The number of methoxy groups -OCH3 is 1. The highest BCUT2D eigenvalue weighted by Gasteiger charge is 2.54. The summed E-state index contributed by atoms with van der Waals surface area (Å²) in [5.74, 6) is -0.251. The standard InChI is InChI=1S/C30H25NO4/c1-34-24-17-18-26-25(19-24)27(22-13-7-3-8-14-22)30(29(33)35-26,20-21-11-5-2-6-12-21)31-28(32)23-15-9-4-10-16-23/h2-19,27H,20H2,1H3,(H,31,32)/t27-,30-/m0/s1. The van der Waals surface area contributed by atoms with Gasteiger partial charge < -0.3 is 14.8 Å². The number of esters is 1. The average Bonchev–Trinajstić information content (AvgIpc) is 2.90. The molecule has 0 fully saturated rings. The van der Waals surface area contributed by atoms with Crippen LogP contribution in [0, 0.1) is 0 Å². The Hall–Kier alpha value is -4.38. The highest BCUT2D eigenvalue weighted by atomic mass is 16.5. The van der Waals surface area contributed by atoms with Gasteiger partial charge in [0.1, 0.15) is 11.5 Å². The van der Waals surface area contributed by atoms with Crippen molar-refractivity contribution in [3.05, 3.63) is 131 Å². The van der Waals surface area contributed by atoms with Crippen molar-refractivity contribution in [3.63, 3.8) is 0 Å². The van der Waals surface area contributed by atoms with Crippen LogP contribution in [0.2, 0.25) is 0 Å². The summed E-state index contributed by atoms with van der Waals surface area (Å²) in [6.07, 6.45) is 0.251. The smallest absolute Gasteiger partial charge is 0.338 e. The molecule has 174 valence electrons. The Balaban J connectivity index is 1.73. The second kappa shape index (κ2) is 9.47. The molecule has 1 aliphatic heterocycles. The molecule has 35 heavy (non-hydrogen) atoms. The van der Waals surface area contributed by atoms with Gasteiger partial charge in [0.05, 0.1) is 7.11 Å². The maximum absolute atomic E-state index is 13.9. The van der Waals surface area contributed by atoms with Crippen molar-refractivity contribution in [2.24, 2.45) is 0 Å². The number of carbonyl (C=O) groups is 2. The van der Waals surface area contributed by atoms with Crippen LogP contribution >= 0.6 is 0 Å². The van der Waals surface area contributed by atoms with Gasteiger partial charge in [0.25, 0.3) is 5.91 Å². The summed E-state index contributed by atoms with van der Waals surface area (Å²) in [5, 5.41) is 3.12. The zero-order chi connectivity index (χ0) is 24.3. The lowest BCUT2D eigenvalue weighted by molar-refractivity contribution is -0.144. The normalized spacial score (nSPS) is 18.8. The average molecular weight is 464 g/mol. The topological polar surface area (TPSA) is 64.6 Å². The Morgan fingerprint density at radius 2 is 1.51 bits per heavy atom. The molecule has 0 unspecified atom stereocenters. The van der Waals surface area contributed by atoms with Gasteiger partial charge in [0.2, 0.25) is 0 Å². The molecule has 0 saturated heterocycles. The fraction of sp³-hybridized carbons (Fsp3) is 0.133. The van der Waals surface area contributed by atoms with E-state index in [0.717, 1.165) is 16.7 Å². The van der Waals surface area contributed by atoms with Crippen LogP contribution in [0.1, 0.15) is 33.0 Å². The minimum Gasteiger partial charge on any atom is -0.497 e. The molecule has 0 spiro atoms. The number of fused-ring (bicyclic) bond motifs is 1. The van der Waals surface area contributed by atoms with Crippen molar-refractivity contribution in [1.82, 2.24) is 5.32 Å². The first-order chi connectivity index (χ1) is 17.1. The monoisotopic (exact) mass is 463 g/mol. The van der Waals surface area contributed by atoms with E-state index in [0.29, 0.717) is 17.1 Å². The third-order valence-electron chi connectivity index (χ3n) is 6.42. The number of ether oxygens (including phenoxy) is 2. The molecule has 0 bridgehead atoms. The second-order valence-electron chi connectivity index (χ2n) is 8.59. The van der Waals surface area contributed by atoms with Crippen LogP contribution in [0.5, 0.6) is 11.5 Å². The van der Waals surface area contributed by atoms with Gasteiger partial charge in [-0.15, -0.1) is 0 Å². The van der Waals surface area contributed by atoms with Gasteiger partial charge in [-0.05, 0) is 41.5 Å². The van der Waals surface area contributed by atoms with Gasteiger partial charge in [-0.2, -0.15) is 0 Å². The molecular formula is C30H25NO4. The molecule has 0 radical (unpaired) electrons. The Bertz CT molecular complexity index is 1340. The van der Waals surface area contributed by atoms with E-state index in [4.69, 9.17) is 9.47 Å². The van der Waals surface area contributed by atoms with Crippen molar-refractivity contribution >= 4 is 11.9 Å². The Labute approximate surface area is 204 Å². The number of rotatable bonds is 6. The van der Waals surface area contributed by atoms with Crippen molar-refractivity contribution in [3.8, 4) is 11.5 Å². The zero-order valence-corrected chi connectivity index (χ0v) is 19.3. The maximum atomic E-state index is 13.9. The Kier molecular flexibility index (Phi) is 6.06. The lowest BCUT2D eigenvalue weighted by Gasteiger charge is -2.43. The predicted octanol–water partition coefficient (Wildman–Crippen LogP) is 5.16. The Morgan fingerprint density at radius 3 is 2.17 bits per heavy atom. The van der Waals surface area contributed by atoms with E-state index >= 15 is 0 Å². The lowest BCUT2D eigenvalue weighted by Crippen LogP contribution is -2.63. The minimum absolute atomic E-state index is 0.251. The van der Waals surface area contributed by atoms with Gasteiger partial charge in [-0.25, -0.2) is 4.79 Å². The summed E-state index contributed by atoms with van der Waals surface area (Å²) in [6.45, 7) is 0. The fourth-order valence-corrected chi connectivity index (χ4v) is 4.78. The van der Waals surface area contributed by atoms with Crippen LogP contribution in [-0.2, 0) is 11.2 Å². The fourth-order valence-electron chi connectivity index (χ4n) is 4.78. The molecule has 1 N–H and O–H groups in total. The number of nitrogens with one attached hydrogen (secondary N) is 1. The van der Waals surface area contributed by atoms with Crippen LogP contribution < -0.4 is 14.8 Å². The summed E-state index contributed by atoms with van der Waals surface area (Å²) in [6, 6.07) is 33.7. The van der Waals surface area contributed by atoms with Gasteiger partial charge in [0.15, 0.2) is 5.54 Å². The van der Waals surface area contributed by atoms with Gasteiger partial charge in [-0.1, -0.05) is 78.9 Å². The molecule has 0 saturated carbocycles. The predicted molar refractivity (Wildman–Crippen MR) is 134 cm³/mol. The zero-order valence-electron chi connectivity index (χ0n) is 19.3. The molecule has 4 aromatic carbocycles. The number of amides is 1. The summed E-state index contributed by atoms with van der Waals surface area (Å²) in [7, 11) is 1.60. The SMILES string of the molecule is COc1ccc2c(c1)[C@H](c1ccccc1)[C@](Cc1ccccc1)(NC(=O)c1ccccc1)C(=O)O2. The second-order valence-corrected chi connectivity index (χ2v) is 8.59. The molecule has 1 amide bonds. The number of hydrogen-bond donors (Lipinski definition) is 1. The quantitative estimate of drug-likeness (QED) is 0.317. The number of hydrogen-bond acceptors (Lipinski definition) is 4.